The van der Waals surface area contributed by atoms with Gasteiger partial charge in [0.15, 0.2) is 0 Å². The fourth-order valence-electron chi connectivity index (χ4n) is 2.20. The molecule has 2 heterocycles. The molecule has 1 aromatic carbocycles. The molecule has 2 aliphatic rings. The standard InChI is InChI=1S/C12H11NO5/c14-10(15)7-2-3-9-8(6-7)12(11(16)13-9)17-4-1-5-18-12/h2-3,6H,1,4-5H2,(H,13,16)(H,14,15). The Morgan fingerprint density at radius 2 is 2.06 bits per heavy atom. The van der Waals surface area contributed by atoms with E-state index in [1.807, 2.05) is 0 Å². The molecule has 0 atom stereocenters. The summed E-state index contributed by atoms with van der Waals surface area (Å²) in [6.45, 7) is 0.814. The Morgan fingerprint density at radius 3 is 2.72 bits per heavy atom. The first-order chi connectivity index (χ1) is 8.63. The smallest absolute Gasteiger partial charge is 0.335 e. The topological polar surface area (TPSA) is 84.9 Å². The SMILES string of the molecule is O=C(O)c1ccc2c(c1)C1(OCCCO1)C(=O)N2. The average molecular weight is 249 g/mol. The van der Waals surface area contributed by atoms with Gasteiger partial charge in [0.05, 0.1) is 24.5 Å². The van der Waals surface area contributed by atoms with Crippen LogP contribution < -0.4 is 5.32 Å². The Kier molecular flexibility index (Phi) is 2.36. The lowest BCUT2D eigenvalue weighted by Gasteiger charge is -2.31. The van der Waals surface area contributed by atoms with Crippen molar-refractivity contribution in [1.82, 2.24) is 0 Å². The van der Waals surface area contributed by atoms with Crippen LogP contribution in [0.25, 0.3) is 0 Å². The second kappa shape index (κ2) is 3.79. The summed E-state index contributed by atoms with van der Waals surface area (Å²) < 4.78 is 10.9. The number of carboxylic acid groups (broad SMARTS) is 1. The third-order valence-corrected chi connectivity index (χ3v) is 3.07. The molecule has 18 heavy (non-hydrogen) atoms. The molecule has 1 fully saturated rings. The number of ether oxygens (including phenoxy) is 2. The maximum Gasteiger partial charge on any atom is 0.335 e. The lowest BCUT2D eigenvalue weighted by Crippen LogP contribution is -2.43. The molecule has 0 aliphatic carbocycles. The van der Waals surface area contributed by atoms with Crippen LogP contribution in [0.15, 0.2) is 18.2 Å². The number of carboxylic acids is 1. The van der Waals surface area contributed by atoms with Crippen LogP contribution in [0.3, 0.4) is 0 Å². The number of carbonyl (C=O) groups is 2. The number of anilines is 1. The molecule has 2 aliphatic heterocycles. The van der Waals surface area contributed by atoms with E-state index < -0.39 is 17.7 Å². The molecule has 0 saturated carbocycles. The second-order valence-electron chi connectivity index (χ2n) is 4.19. The zero-order chi connectivity index (χ0) is 12.8. The van der Waals surface area contributed by atoms with Gasteiger partial charge < -0.3 is 19.9 Å². The number of aromatic carboxylic acids is 1. The summed E-state index contributed by atoms with van der Waals surface area (Å²) in [5, 5.41) is 11.6. The molecule has 0 unspecified atom stereocenters. The minimum atomic E-state index is -1.47. The molecule has 0 bridgehead atoms. The molecule has 0 aromatic heterocycles. The number of rotatable bonds is 1. The summed E-state index contributed by atoms with van der Waals surface area (Å²) in [6, 6.07) is 4.40. The molecular formula is C12H11NO5. The summed E-state index contributed by atoms with van der Waals surface area (Å²) in [6.07, 6.45) is 0.711. The quantitative estimate of drug-likeness (QED) is 0.773. The number of carbonyl (C=O) groups excluding carboxylic acids is 1. The molecule has 1 saturated heterocycles. The molecule has 0 radical (unpaired) electrons. The second-order valence-corrected chi connectivity index (χ2v) is 4.19. The van der Waals surface area contributed by atoms with Crippen molar-refractivity contribution in [2.75, 3.05) is 18.5 Å². The monoisotopic (exact) mass is 249 g/mol. The zero-order valence-electron chi connectivity index (χ0n) is 9.43. The lowest BCUT2D eigenvalue weighted by atomic mass is 10.0. The Balaban J connectivity index is 2.12. The fraction of sp³-hybridized carbons (Fsp3) is 0.333. The highest BCUT2D eigenvalue weighted by molar-refractivity contribution is 6.05. The van der Waals surface area contributed by atoms with Gasteiger partial charge in [-0.25, -0.2) is 4.79 Å². The number of hydrogen-bond donors (Lipinski definition) is 2. The van der Waals surface area contributed by atoms with Crippen molar-refractivity contribution in [2.45, 2.75) is 12.2 Å². The van der Waals surface area contributed by atoms with Gasteiger partial charge in [-0.3, -0.25) is 4.79 Å². The van der Waals surface area contributed by atoms with Crippen molar-refractivity contribution in [1.29, 1.82) is 0 Å². The Hall–Kier alpha value is -1.92. The summed E-state index contributed by atoms with van der Waals surface area (Å²) in [5.74, 6) is -2.93. The molecule has 6 nitrogen and oxygen atoms in total. The number of benzene rings is 1. The van der Waals surface area contributed by atoms with Crippen molar-refractivity contribution in [3.05, 3.63) is 29.3 Å². The predicted octanol–water partition coefficient (Wildman–Crippen LogP) is 0.927. The summed E-state index contributed by atoms with van der Waals surface area (Å²) in [5.41, 5.74) is 1.07. The van der Waals surface area contributed by atoms with Crippen LogP contribution in [-0.2, 0) is 20.1 Å². The van der Waals surface area contributed by atoms with Gasteiger partial charge >= 0.3 is 5.97 Å². The van der Waals surface area contributed by atoms with E-state index >= 15 is 0 Å². The van der Waals surface area contributed by atoms with E-state index in [-0.39, 0.29) is 5.56 Å². The lowest BCUT2D eigenvalue weighted by molar-refractivity contribution is -0.255. The molecule has 94 valence electrons. The van der Waals surface area contributed by atoms with Gasteiger partial charge in [-0.05, 0) is 24.6 Å². The van der Waals surface area contributed by atoms with Crippen LogP contribution in [0.4, 0.5) is 5.69 Å². The van der Waals surface area contributed by atoms with Gasteiger partial charge in [-0.1, -0.05) is 0 Å². The van der Waals surface area contributed by atoms with Crippen LogP contribution in [0.2, 0.25) is 0 Å². The van der Waals surface area contributed by atoms with Crippen LogP contribution >= 0.6 is 0 Å². The third kappa shape index (κ3) is 1.43. The van der Waals surface area contributed by atoms with Gasteiger partial charge in [0.2, 0.25) is 0 Å². The van der Waals surface area contributed by atoms with Crippen LogP contribution in [0.5, 0.6) is 0 Å². The van der Waals surface area contributed by atoms with Crippen molar-refractivity contribution < 1.29 is 24.2 Å². The van der Waals surface area contributed by atoms with E-state index in [0.717, 1.165) is 0 Å². The first-order valence-electron chi connectivity index (χ1n) is 5.61. The van der Waals surface area contributed by atoms with Crippen LogP contribution in [-0.4, -0.2) is 30.2 Å². The Morgan fingerprint density at radius 1 is 1.33 bits per heavy atom. The number of nitrogens with one attached hydrogen (secondary N) is 1. The van der Waals surface area contributed by atoms with Gasteiger partial charge in [-0.2, -0.15) is 0 Å². The molecule has 1 spiro atoms. The Labute approximate surface area is 103 Å². The van der Waals surface area contributed by atoms with Gasteiger partial charge in [0.25, 0.3) is 11.7 Å². The van der Waals surface area contributed by atoms with Crippen LogP contribution in [0, 0.1) is 0 Å². The van der Waals surface area contributed by atoms with Crippen molar-refractivity contribution in [3.8, 4) is 0 Å². The van der Waals surface area contributed by atoms with Crippen LogP contribution in [0.1, 0.15) is 22.3 Å². The molecular weight excluding hydrogens is 238 g/mol. The highest BCUT2D eigenvalue weighted by atomic mass is 16.7. The van der Waals surface area contributed by atoms with E-state index in [1.165, 1.54) is 12.1 Å². The number of amides is 1. The first kappa shape index (κ1) is 11.2. The van der Waals surface area contributed by atoms with Gasteiger partial charge in [0.1, 0.15) is 0 Å². The van der Waals surface area contributed by atoms with Crippen molar-refractivity contribution in [2.24, 2.45) is 0 Å². The fourth-order valence-corrected chi connectivity index (χ4v) is 2.20. The maximum absolute atomic E-state index is 12.0. The van der Waals surface area contributed by atoms with E-state index in [0.29, 0.717) is 30.9 Å². The number of fused-ring (bicyclic) bond motifs is 2. The highest BCUT2D eigenvalue weighted by Crippen LogP contribution is 2.41. The largest absolute Gasteiger partial charge is 0.478 e. The minimum absolute atomic E-state index is 0.0994. The van der Waals surface area contributed by atoms with E-state index in [4.69, 9.17) is 14.6 Å². The summed E-state index contributed by atoms with van der Waals surface area (Å²) >= 11 is 0. The Bertz CT molecular complexity index is 533. The maximum atomic E-state index is 12.0. The highest BCUT2D eigenvalue weighted by Gasteiger charge is 2.51. The minimum Gasteiger partial charge on any atom is -0.478 e. The van der Waals surface area contributed by atoms with Crippen molar-refractivity contribution in [3.63, 3.8) is 0 Å². The van der Waals surface area contributed by atoms with E-state index in [2.05, 4.69) is 5.32 Å². The molecule has 3 rings (SSSR count). The average Bonchev–Trinajstić information content (AvgIpc) is 2.63. The molecule has 1 amide bonds. The normalized spacial score (nSPS) is 20.6. The summed E-state index contributed by atoms with van der Waals surface area (Å²) in [4.78, 5) is 22.9. The summed E-state index contributed by atoms with van der Waals surface area (Å²) in [7, 11) is 0. The van der Waals surface area contributed by atoms with E-state index in [9.17, 15) is 9.59 Å². The molecule has 6 heteroatoms. The first-order valence-corrected chi connectivity index (χ1v) is 5.61. The van der Waals surface area contributed by atoms with E-state index in [1.54, 1.807) is 6.07 Å². The van der Waals surface area contributed by atoms with Gasteiger partial charge in [-0.15, -0.1) is 0 Å². The molecule has 2 N–H and O–H groups in total. The number of hydrogen-bond acceptors (Lipinski definition) is 4. The third-order valence-electron chi connectivity index (χ3n) is 3.07. The zero-order valence-corrected chi connectivity index (χ0v) is 9.43. The van der Waals surface area contributed by atoms with Crippen molar-refractivity contribution >= 4 is 17.6 Å². The molecule has 1 aromatic rings. The predicted molar refractivity (Wildman–Crippen MR) is 60.2 cm³/mol. The van der Waals surface area contributed by atoms with Gasteiger partial charge in [0, 0.05) is 5.56 Å².